The Labute approximate surface area is 121 Å². The quantitative estimate of drug-likeness (QED) is 0.822. The van der Waals surface area contributed by atoms with Crippen LogP contribution < -0.4 is 5.32 Å². The van der Waals surface area contributed by atoms with E-state index in [9.17, 15) is 0 Å². The van der Waals surface area contributed by atoms with Gasteiger partial charge in [0.05, 0.1) is 0 Å². The molecule has 2 rings (SSSR count). The smallest absolute Gasteiger partial charge is 0.0345 e. The Bertz CT molecular complexity index is 521. The fraction of sp³-hybridized carbons (Fsp3) is 0.529. The fourth-order valence-corrected chi connectivity index (χ4v) is 3.39. The van der Waals surface area contributed by atoms with Crippen LogP contribution in [0.5, 0.6) is 0 Å². The van der Waals surface area contributed by atoms with Crippen molar-refractivity contribution in [1.82, 2.24) is 5.32 Å². The van der Waals surface area contributed by atoms with E-state index in [0.29, 0.717) is 6.04 Å². The van der Waals surface area contributed by atoms with Gasteiger partial charge in [-0.3, -0.25) is 0 Å². The molecule has 0 saturated heterocycles. The van der Waals surface area contributed by atoms with Crippen LogP contribution >= 0.6 is 11.3 Å². The van der Waals surface area contributed by atoms with Crippen molar-refractivity contribution in [3.05, 3.63) is 35.2 Å². The first-order valence-electron chi connectivity index (χ1n) is 7.21. The van der Waals surface area contributed by atoms with E-state index in [1.165, 1.54) is 22.1 Å². The van der Waals surface area contributed by atoms with E-state index >= 15 is 0 Å². The van der Waals surface area contributed by atoms with Gasteiger partial charge in [0.15, 0.2) is 0 Å². The van der Waals surface area contributed by atoms with Crippen molar-refractivity contribution in [1.29, 1.82) is 0 Å². The third-order valence-corrected chi connectivity index (χ3v) is 4.68. The highest BCUT2D eigenvalue weighted by molar-refractivity contribution is 7.17. The van der Waals surface area contributed by atoms with Gasteiger partial charge in [-0.15, -0.1) is 11.3 Å². The summed E-state index contributed by atoms with van der Waals surface area (Å²) in [6.45, 7) is 10.3. The Morgan fingerprint density at radius 3 is 2.63 bits per heavy atom. The minimum absolute atomic E-state index is 0.290. The highest BCUT2D eigenvalue weighted by Crippen LogP contribution is 2.30. The molecule has 1 heterocycles. The zero-order valence-electron chi connectivity index (χ0n) is 12.5. The molecule has 1 aromatic heterocycles. The number of nitrogens with one attached hydrogen (secondary N) is 1. The summed E-state index contributed by atoms with van der Waals surface area (Å²) in [5.74, 6) is 0. The minimum atomic E-state index is 0.290. The summed E-state index contributed by atoms with van der Waals surface area (Å²) in [7, 11) is 0. The highest BCUT2D eigenvalue weighted by atomic mass is 32.1. The number of rotatable bonds is 5. The Balaban J connectivity index is 2.21. The van der Waals surface area contributed by atoms with Gasteiger partial charge >= 0.3 is 0 Å². The van der Waals surface area contributed by atoms with Gasteiger partial charge in [0.1, 0.15) is 0 Å². The molecule has 0 spiro atoms. The summed E-state index contributed by atoms with van der Waals surface area (Å²) in [5.41, 5.74) is 1.78. The number of hydrogen-bond donors (Lipinski definition) is 1. The zero-order valence-corrected chi connectivity index (χ0v) is 13.3. The molecule has 19 heavy (non-hydrogen) atoms. The zero-order chi connectivity index (χ0) is 13.9. The van der Waals surface area contributed by atoms with Crippen molar-refractivity contribution in [3.8, 4) is 0 Å². The first kappa shape index (κ1) is 14.5. The van der Waals surface area contributed by atoms with Crippen LogP contribution in [0.3, 0.4) is 0 Å². The molecule has 0 bridgehead atoms. The second-order valence-corrected chi connectivity index (χ2v) is 7.25. The van der Waals surface area contributed by atoms with E-state index in [2.05, 4.69) is 62.7 Å². The lowest BCUT2D eigenvalue weighted by Crippen LogP contribution is -2.42. The van der Waals surface area contributed by atoms with E-state index in [1.54, 1.807) is 0 Å². The average Bonchev–Trinajstić information content (AvgIpc) is 2.76. The van der Waals surface area contributed by atoms with Crippen molar-refractivity contribution in [3.63, 3.8) is 0 Å². The van der Waals surface area contributed by atoms with Crippen LogP contribution in [0.4, 0.5) is 0 Å². The molecule has 1 unspecified atom stereocenters. The van der Waals surface area contributed by atoms with Crippen molar-refractivity contribution in [2.75, 3.05) is 6.54 Å². The summed E-state index contributed by atoms with van der Waals surface area (Å²) in [6.07, 6.45) is 2.31. The molecule has 2 aromatic rings. The molecular formula is C17H25NS. The van der Waals surface area contributed by atoms with Gasteiger partial charge in [0.25, 0.3) is 0 Å². The van der Waals surface area contributed by atoms with E-state index in [0.717, 1.165) is 13.0 Å². The molecule has 1 N–H and O–H groups in total. The molecule has 0 amide bonds. The molecule has 1 atom stereocenters. The number of thiophene rings is 1. The standard InChI is InChI=1S/C17H25NS/c1-5-10-18-16(17(2,3)4)11-13-12-19-15-9-7-6-8-14(13)15/h6-9,12,16,18H,5,10-11H2,1-4H3. The Kier molecular flexibility index (Phi) is 4.64. The van der Waals surface area contributed by atoms with E-state index in [1.807, 2.05) is 11.3 Å². The van der Waals surface area contributed by atoms with Gasteiger partial charge in [-0.1, -0.05) is 45.9 Å². The predicted octanol–water partition coefficient (Wildman–Crippen LogP) is 4.86. The number of fused-ring (bicyclic) bond motifs is 1. The molecule has 0 aliphatic heterocycles. The third-order valence-electron chi connectivity index (χ3n) is 3.67. The Hall–Kier alpha value is -0.860. The monoisotopic (exact) mass is 275 g/mol. The largest absolute Gasteiger partial charge is 0.313 e. The fourth-order valence-electron chi connectivity index (χ4n) is 2.41. The summed E-state index contributed by atoms with van der Waals surface area (Å²) < 4.78 is 1.40. The van der Waals surface area contributed by atoms with Gasteiger partial charge < -0.3 is 5.32 Å². The van der Waals surface area contributed by atoms with Crippen LogP contribution in [0, 0.1) is 5.41 Å². The molecular weight excluding hydrogens is 250 g/mol. The molecule has 104 valence electrons. The minimum Gasteiger partial charge on any atom is -0.313 e. The number of hydrogen-bond acceptors (Lipinski definition) is 2. The van der Waals surface area contributed by atoms with Crippen molar-refractivity contribution in [2.24, 2.45) is 5.41 Å². The molecule has 0 radical (unpaired) electrons. The number of benzene rings is 1. The molecule has 0 aliphatic rings. The molecule has 0 aliphatic carbocycles. The summed E-state index contributed by atoms with van der Waals surface area (Å²) >= 11 is 1.86. The summed E-state index contributed by atoms with van der Waals surface area (Å²) in [6, 6.07) is 9.27. The summed E-state index contributed by atoms with van der Waals surface area (Å²) in [4.78, 5) is 0. The van der Waals surface area contributed by atoms with Crippen molar-refractivity contribution < 1.29 is 0 Å². The molecule has 1 aromatic carbocycles. The van der Waals surface area contributed by atoms with Crippen LogP contribution in [0.25, 0.3) is 10.1 Å². The van der Waals surface area contributed by atoms with Crippen LogP contribution in [-0.2, 0) is 6.42 Å². The van der Waals surface area contributed by atoms with Crippen LogP contribution in [0.15, 0.2) is 29.6 Å². The summed E-state index contributed by atoms with van der Waals surface area (Å²) in [5, 5.41) is 7.48. The maximum absolute atomic E-state index is 3.72. The maximum Gasteiger partial charge on any atom is 0.0345 e. The third kappa shape index (κ3) is 3.58. The first-order chi connectivity index (χ1) is 9.02. The highest BCUT2D eigenvalue weighted by Gasteiger charge is 2.24. The topological polar surface area (TPSA) is 12.0 Å². The van der Waals surface area contributed by atoms with Gasteiger partial charge in [-0.25, -0.2) is 0 Å². The van der Waals surface area contributed by atoms with Crippen molar-refractivity contribution in [2.45, 2.75) is 46.6 Å². The SMILES string of the molecule is CCCNC(Cc1csc2ccccc12)C(C)(C)C. The maximum atomic E-state index is 3.72. The van der Waals surface area contributed by atoms with Gasteiger partial charge in [0.2, 0.25) is 0 Å². The lowest BCUT2D eigenvalue weighted by atomic mass is 9.83. The van der Waals surface area contributed by atoms with Gasteiger partial charge in [-0.2, -0.15) is 0 Å². The van der Waals surface area contributed by atoms with E-state index in [-0.39, 0.29) is 5.41 Å². The molecule has 0 saturated carbocycles. The average molecular weight is 275 g/mol. The predicted molar refractivity (Wildman–Crippen MR) is 87.1 cm³/mol. The second kappa shape index (κ2) is 6.06. The second-order valence-electron chi connectivity index (χ2n) is 6.33. The van der Waals surface area contributed by atoms with Crippen LogP contribution in [0.2, 0.25) is 0 Å². The Morgan fingerprint density at radius 2 is 1.95 bits per heavy atom. The van der Waals surface area contributed by atoms with E-state index in [4.69, 9.17) is 0 Å². The molecule has 2 heteroatoms. The normalized spacial score (nSPS) is 13.9. The van der Waals surface area contributed by atoms with Crippen LogP contribution in [0.1, 0.15) is 39.7 Å². The lowest BCUT2D eigenvalue weighted by Gasteiger charge is -2.31. The molecule has 1 nitrogen and oxygen atoms in total. The lowest BCUT2D eigenvalue weighted by molar-refractivity contribution is 0.267. The van der Waals surface area contributed by atoms with Gasteiger partial charge in [-0.05, 0) is 47.2 Å². The van der Waals surface area contributed by atoms with Crippen LogP contribution in [-0.4, -0.2) is 12.6 Å². The Morgan fingerprint density at radius 1 is 1.21 bits per heavy atom. The van der Waals surface area contributed by atoms with E-state index < -0.39 is 0 Å². The first-order valence-corrected chi connectivity index (χ1v) is 8.09. The van der Waals surface area contributed by atoms with Gasteiger partial charge in [0, 0.05) is 10.7 Å². The van der Waals surface area contributed by atoms with Crippen molar-refractivity contribution >= 4 is 21.4 Å². The molecule has 0 fully saturated rings.